The molecule has 0 radical (unpaired) electrons. The maximum absolute atomic E-state index is 10.2. The molecule has 0 saturated carbocycles. The van der Waals surface area contributed by atoms with E-state index in [1.807, 2.05) is 27.9 Å². The zero-order chi connectivity index (χ0) is 12.3. The van der Waals surface area contributed by atoms with Crippen molar-refractivity contribution in [3.8, 4) is 0 Å². The molecular formula is C14H23NO. The highest BCUT2D eigenvalue weighted by molar-refractivity contribution is 5.26. The predicted octanol–water partition coefficient (Wildman–Crippen LogP) is 2.62. The van der Waals surface area contributed by atoms with Crippen LogP contribution in [0.15, 0.2) is 24.3 Å². The van der Waals surface area contributed by atoms with Crippen molar-refractivity contribution in [1.29, 1.82) is 0 Å². The quantitative estimate of drug-likeness (QED) is 0.845. The summed E-state index contributed by atoms with van der Waals surface area (Å²) in [5.74, 6) is 0. The van der Waals surface area contributed by atoms with E-state index < -0.39 is 5.60 Å². The molecule has 1 atom stereocenters. The van der Waals surface area contributed by atoms with Crippen molar-refractivity contribution in [2.45, 2.75) is 38.8 Å². The number of hydrogen-bond donors (Lipinski definition) is 1. The normalized spacial score (nSPS) is 14.2. The molecule has 0 bridgehead atoms. The van der Waals surface area contributed by atoms with Gasteiger partial charge in [-0.1, -0.05) is 31.2 Å². The molecule has 0 amide bonds. The van der Waals surface area contributed by atoms with E-state index in [1.165, 1.54) is 5.56 Å². The van der Waals surface area contributed by atoms with Gasteiger partial charge in [0.2, 0.25) is 0 Å². The van der Waals surface area contributed by atoms with Crippen LogP contribution in [0.2, 0.25) is 0 Å². The Kier molecular flexibility index (Phi) is 4.11. The first-order chi connectivity index (χ1) is 7.36. The Morgan fingerprint density at radius 1 is 1.19 bits per heavy atom. The van der Waals surface area contributed by atoms with Crippen molar-refractivity contribution in [2.75, 3.05) is 14.1 Å². The van der Waals surface area contributed by atoms with Crippen molar-refractivity contribution in [2.24, 2.45) is 0 Å². The second kappa shape index (κ2) is 4.98. The van der Waals surface area contributed by atoms with E-state index in [-0.39, 0.29) is 6.04 Å². The molecule has 0 saturated heterocycles. The van der Waals surface area contributed by atoms with Crippen LogP contribution >= 0.6 is 0 Å². The monoisotopic (exact) mass is 221 g/mol. The first kappa shape index (κ1) is 13.2. The Labute approximate surface area is 98.9 Å². The summed E-state index contributed by atoms with van der Waals surface area (Å²) in [6.45, 7) is 5.85. The summed E-state index contributed by atoms with van der Waals surface area (Å²) < 4.78 is 0. The van der Waals surface area contributed by atoms with Gasteiger partial charge in [-0.25, -0.2) is 0 Å². The Balaban J connectivity index is 3.03. The molecule has 0 aliphatic heterocycles. The molecule has 1 rings (SSSR count). The second-order valence-corrected chi connectivity index (χ2v) is 5.11. The lowest BCUT2D eigenvalue weighted by atomic mass is 9.90. The van der Waals surface area contributed by atoms with Gasteiger partial charge in [-0.05, 0) is 45.5 Å². The number of likely N-dealkylation sites (N-methyl/N-ethyl adjacent to an activating group) is 1. The molecular weight excluding hydrogens is 198 g/mol. The highest BCUT2D eigenvalue weighted by atomic mass is 16.3. The van der Waals surface area contributed by atoms with Gasteiger partial charge in [-0.15, -0.1) is 0 Å². The fraction of sp³-hybridized carbons (Fsp3) is 0.571. The van der Waals surface area contributed by atoms with E-state index in [1.54, 1.807) is 0 Å². The number of rotatable bonds is 4. The van der Waals surface area contributed by atoms with Gasteiger partial charge < -0.3 is 5.11 Å². The van der Waals surface area contributed by atoms with Gasteiger partial charge in [-0.2, -0.15) is 0 Å². The molecule has 0 heterocycles. The van der Waals surface area contributed by atoms with Gasteiger partial charge in [0.05, 0.1) is 11.6 Å². The first-order valence-electron chi connectivity index (χ1n) is 5.84. The molecule has 0 spiro atoms. The third kappa shape index (κ3) is 3.06. The smallest absolute Gasteiger partial charge is 0.0787 e. The van der Waals surface area contributed by atoms with Crippen molar-refractivity contribution in [3.63, 3.8) is 0 Å². The van der Waals surface area contributed by atoms with Crippen molar-refractivity contribution < 1.29 is 5.11 Å². The van der Waals surface area contributed by atoms with Gasteiger partial charge in [0, 0.05) is 0 Å². The molecule has 2 heteroatoms. The molecule has 1 aromatic carbocycles. The van der Waals surface area contributed by atoms with Crippen LogP contribution in [0.25, 0.3) is 0 Å². The van der Waals surface area contributed by atoms with E-state index in [2.05, 4.69) is 36.1 Å². The van der Waals surface area contributed by atoms with Crippen molar-refractivity contribution in [3.05, 3.63) is 35.4 Å². The molecule has 1 unspecified atom stereocenters. The zero-order valence-corrected chi connectivity index (χ0v) is 11.0. The molecule has 0 fully saturated rings. The number of nitrogens with zero attached hydrogens (tertiary/aromatic N) is 1. The Bertz CT molecular complexity index is 322. The minimum atomic E-state index is -0.739. The summed E-state index contributed by atoms with van der Waals surface area (Å²) in [6, 6.07) is 8.52. The van der Waals surface area contributed by atoms with Crippen molar-refractivity contribution >= 4 is 0 Å². The van der Waals surface area contributed by atoms with Crippen LogP contribution in [0.3, 0.4) is 0 Å². The number of aryl methyl sites for hydroxylation is 1. The molecule has 16 heavy (non-hydrogen) atoms. The number of aliphatic hydroxyl groups is 1. The third-order valence-electron chi connectivity index (χ3n) is 2.89. The Hall–Kier alpha value is -0.860. The maximum Gasteiger partial charge on any atom is 0.0787 e. The van der Waals surface area contributed by atoms with Gasteiger partial charge >= 0.3 is 0 Å². The second-order valence-electron chi connectivity index (χ2n) is 5.11. The van der Waals surface area contributed by atoms with E-state index in [0.717, 1.165) is 12.0 Å². The van der Waals surface area contributed by atoms with E-state index in [4.69, 9.17) is 0 Å². The molecule has 0 aliphatic rings. The van der Waals surface area contributed by atoms with Crippen LogP contribution in [-0.2, 0) is 6.42 Å². The van der Waals surface area contributed by atoms with Crippen LogP contribution in [-0.4, -0.2) is 29.7 Å². The van der Waals surface area contributed by atoms with Gasteiger partial charge in [0.1, 0.15) is 0 Å². The Morgan fingerprint density at radius 3 is 2.00 bits per heavy atom. The summed E-state index contributed by atoms with van der Waals surface area (Å²) in [4.78, 5) is 2.06. The fourth-order valence-electron chi connectivity index (χ4n) is 2.27. The average Bonchev–Trinajstić information content (AvgIpc) is 2.16. The van der Waals surface area contributed by atoms with Crippen LogP contribution in [0.5, 0.6) is 0 Å². The van der Waals surface area contributed by atoms with E-state index >= 15 is 0 Å². The van der Waals surface area contributed by atoms with Gasteiger partial charge in [-0.3, -0.25) is 4.90 Å². The standard InChI is InChI=1S/C14H23NO/c1-6-11-7-9-12(10-8-11)13(15(4)5)14(2,3)16/h7-10,13,16H,6H2,1-5H3. The minimum Gasteiger partial charge on any atom is -0.388 e. The fourth-order valence-corrected chi connectivity index (χ4v) is 2.27. The summed E-state index contributed by atoms with van der Waals surface area (Å²) in [7, 11) is 3.99. The lowest BCUT2D eigenvalue weighted by Crippen LogP contribution is -2.38. The van der Waals surface area contributed by atoms with E-state index in [0.29, 0.717) is 0 Å². The van der Waals surface area contributed by atoms with Crippen LogP contribution < -0.4 is 0 Å². The predicted molar refractivity (Wildman–Crippen MR) is 68.5 cm³/mol. The SMILES string of the molecule is CCc1ccc(C(N(C)C)C(C)(C)O)cc1. The van der Waals surface area contributed by atoms with Crippen molar-refractivity contribution in [1.82, 2.24) is 4.90 Å². The van der Waals surface area contributed by atoms with Crippen LogP contribution in [0.4, 0.5) is 0 Å². The number of hydrogen-bond acceptors (Lipinski definition) is 2. The maximum atomic E-state index is 10.2. The third-order valence-corrected chi connectivity index (χ3v) is 2.89. The summed E-state index contributed by atoms with van der Waals surface area (Å²) >= 11 is 0. The summed E-state index contributed by atoms with van der Waals surface area (Å²) in [5.41, 5.74) is 1.75. The minimum absolute atomic E-state index is 0.0263. The highest BCUT2D eigenvalue weighted by Gasteiger charge is 2.29. The number of benzene rings is 1. The topological polar surface area (TPSA) is 23.5 Å². The van der Waals surface area contributed by atoms with E-state index in [9.17, 15) is 5.11 Å². The summed E-state index contributed by atoms with van der Waals surface area (Å²) in [5, 5.41) is 10.2. The largest absolute Gasteiger partial charge is 0.388 e. The first-order valence-corrected chi connectivity index (χ1v) is 5.84. The van der Waals surface area contributed by atoms with Crippen LogP contribution in [0, 0.1) is 0 Å². The summed E-state index contributed by atoms with van der Waals surface area (Å²) in [6.07, 6.45) is 1.05. The molecule has 1 aromatic rings. The lowest BCUT2D eigenvalue weighted by Gasteiger charge is -2.35. The van der Waals surface area contributed by atoms with Gasteiger partial charge in [0.25, 0.3) is 0 Å². The average molecular weight is 221 g/mol. The molecule has 1 N–H and O–H groups in total. The molecule has 2 nitrogen and oxygen atoms in total. The molecule has 90 valence electrons. The van der Waals surface area contributed by atoms with Crippen LogP contribution in [0.1, 0.15) is 37.9 Å². The zero-order valence-electron chi connectivity index (χ0n) is 11.0. The molecule has 0 aliphatic carbocycles. The van der Waals surface area contributed by atoms with Gasteiger partial charge in [0.15, 0.2) is 0 Å². The highest BCUT2D eigenvalue weighted by Crippen LogP contribution is 2.29. The molecule has 0 aromatic heterocycles. The lowest BCUT2D eigenvalue weighted by molar-refractivity contribution is -0.00315. The Morgan fingerprint density at radius 2 is 1.69 bits per heavy atom.